The summed E-state index contributed by atoms with van der Waals surface area (Å²) >= 11 is 0. The monoisotopic (exact) mass is 528 g/mol. The molecule has 0 spiro atoms. The van der Waals surface area contributed by atoms with E-state index in [9.17, 15) is 14.4 Å². The Hall–Kier alpha value is -5.31. The number of carbonyl (C=O) groups is 3. The molecule has 0 bridgehead atoms. The second-order valence-corrected chi connectivity index (χ2v) is 7.94. The average molecular weight is 529 g/mol. The normalized spacial score (nSPS) is 10.2. The molecule has 9 heteroatoms. The zero-order valence-corrected chi connectivity index (χ0v) is 21.3. The van der Waals surface area contributed by atoms with Gasteiger partial charge in [0.1, 0.15) is 17.2 Å². The maximum Gasteiger partial charge on any atom is 0.343 e. The van der Waals surface area contributed by atoms with Crippen LogP contribution in [0.2, 0.25) is 0 Å². The Labute approximate surface area is 224 Å². The highest BCUT2D eigenvalue weighted by molar-refractivity contribution is 5.95. The van der Waals surface area contributed by atoms with E-state index in [2.05, 4.69) is 0 Å². The van der Waals surface area contributed by atoms with E-state index in [0.29, 0.717) is 17.2 Å². The predicted molar refractivity (Wildman–Crippen MR) is 140 cm³/mol. The van der Waals surface area contributed by atoms with Crippen molar-refractivity contribution in [1.29, 1.82) is 0 Å². The molecule has 0 aliphatic heterocycles. The van der Waals surface area contributed by atoms with Crippen molar-refractivity contribution in [2.24, 2.45) is 0 Å². The first-order chi connectivity index (χ1) is 18.9. The predicted octanol–water partition coefficient (Wildman–Crippen LogP) is 5.37. The summed E-state index contributed by atoms with van der Waals surface area (Å²) in [5.74, 6) is -1.04. The van der Waals surface area contributed by atoms with Crippen LogP contribution in [0.25, 0.3) is 0 Å². The van der Waals surface area contributed by atoms with Gasteiger partial charge in [0.25, 0.3) is 0 Å². The van der Waals surface area contributed by atoms with E-state index in [1.807, 2.05) is 0 Å². The van der Waals surface area contributed by atoms with Crippen molar-refractivity contribution in [2.75, 3.05) is 21.3 Å². The van der Waals surface area contributed by atoms with Crippen LogP contribution in [0.15, 0.2) is 91.0 Å². The van der Waals surface area contributed by atoms with Crippen molar-refractivity contribution in [3.63, 3.8) is 0 Å². The minimum atomic E-state index is -0.771. The van der Waals surface area contributed by atoms with Crippen LogP contribution in [0.1, 0.15) is 31.1 Å². The van der Waals surface area contributed by atoms with Crippen LogP contribution in [-0.4, -0.2) is 39.2 Å². The number of rotatable bonds is 9. The van der Waals surface area contributed by atoms with Crippen LogP contribution in [-0.2, 0) is 0 Å². The molecule has 0 N–H and O–H groups in total. The van der Waals surface area contributed by atoms with Crippen molar-refractivity contribution in [3.05, 3.63) is 108 Å². The summed E-state index contributed by atoms with van der Waals surface area (Å²) in [5.41, 5.74) is 0.646. The Kier molecular flexibility index (Phi) is 8.43. The fraction of sp³-hybridized carbons (Fsp3) is 0.100. The standard InChI is InChI=1S/C30H24O9/c1-34-22-13-7-19(8-14-22)28(31)37-25-5-4-6-26(38-29(32)20-9-15-23(35-2)16-10-20)27(25)39-30(33)21-11-17-24(36-3)18-12-21/h4-18H,1-3H3. The molecule has 0 saturated heterocycles. The summed E-state index contributed by atoms with van der Waals surface area (Å²) in [5, 5.41) is 0. The minimum absolute atomic E-state index is 0.127. The first kappa shape index (κ1) is 26.7. The van der Waals surface area contributed by atoms with Gasteiger partial charge in [0.2, 0.25) is 5.75 Å². The van der Waals surface area contributed by atoms with E-state index >= 15 is 0 Å². The third-order valence-corrected chi connectivity index (χ3v) is 5.52. The lowest BCUT2D eigenvalue weighted by molar-refractivity contribution is 0.0657. The highest BCUT2D eigenvalue weighted by Gasteiger charge is 2.23. The molecule has 0 fully saturated rings. The summed E-state index contributed by atoms with van der Waals surface area (Å²) in [6.45, 7) is 0. The van der Waals surface area contributed by atoms with Crippen LogP contribution in [0.4, 0.5) is 0 Å². The summed E-state index contributed by atoms with van der Waals surface area (Å²) in [4.78, 5) is 38.7. The maximum atomic E-state index is 13.0. The van der Waals surface area contributed by atoms with Gasteiger partial charge in [-0.05, 0) is 84.9 Å². The van der Waals surface area contributed by atoms with E-state index in [1.54, 1.807) is 36.4 Å². The Morgan fingerprint density at radius 1 is 0.436 bits per heavy atom. The number of para-hydroxylation sites is 1. The lowest BCUT2D eigenvalue weighted by atomic mass is 10.2. The zero-order chi connectivity index (χ0) is 27.8. The number of carbonyl (C=O) groups excluding carboxylic acids is 3. The van der Waals surface area contributed by atoms with Gasteiger partial charge in [-0.1, -0.05) is 6.07 Å². The van der Waals surface area contributed by atoms with E-state index in [4.69, 9.17) is 28.4 Å². The Morgan fingerprint density at radius 2 is 0.744 bits per heavy atom. The van der Waals surface area contributed by atoms with Crippen molar-refractivity contribution >= 4 is 17.9 Å². The van der Waals surface area contributed by atoms with E-state index in [1.165, 1.54) is 75.9 Å². The molecule has 9 nitrogen and oxygen atoms in total. The molecule has 0 aliphatic carbocycles. The van der Waals surface area contributed by atoms with Crippen molar-refractivity contribution in [3.8, 4) is 34.5 Å². The smallest absolute Gasteiger partial charge is 0.343 e. The first-order valence-electron chi connectivity index (χ1n) is 11.6. The van der Waals surface area contributed by atoms with Crippen LogP contribution in [0.3, 0.4) is 0 Å². The lowest BCUT2D eigenvalue weighted by Crippen LogP contribution is -2.15. The maximum absolute atomic E-state index is 13.0. The molecule has 0 atom stereocenters. The van der Waals surface area contributed by atoms with Crippen LogP contribution in [0, 0.1) is 0 Å². The molecule has 4 rings (SSSR count). The molecule has 0 heterocycles. The number of hydrogen-bond acceptors (Lipinski definition) is 9. The quantitative estimate of drug-likeness (QED) is 0.209. The van der Waals surface area contributed by atoms with E-state index in [0.717, 1.165) is 0 Å². The van der Waals surface area contributed by atoms with Crippen LogP contribution in [0.5, 0.6) is 34.5 Å². The lowest BCUT2D eigenvalue weighted by Gasteiger charge is -2.15. The van der Waals surface area contributed by atoms with Gasteiger partial charge in [-0.2, -0.15) is 0 Å². The largest absolute Gasteiger partial charge is 0.497 e. The molecule has 0 aliphatic rings. The fourth-order valence-electron chi connectivity index (χ4n) is 3.41. The third-order valence-electron chi connectivity index (χ3n) is 5.52. The minimum Gasteiger partial charge on any atom is -0.497 e. The molecule has 4 aromatic carbocycles. The number of esters is 3. The van der Waals surface area contributed by atoms with Gasteiger partial charge in [0, 0.05) is 0 Å². The number of hydrogen-bond donors (Lipinski definition) is 0. The first-order valence-corrected chi connectivity index (χ1v) is 11.6. The summed E-state index contributed by atoms with van der Waals surface area (Å²) in [7, 11) is 4.52. The summed E-state index contributed by atoms with van der Waals surface area (Å²) < 4.78 is 32.1. The Morgan fingerprint density at radius 3 is 1.05 bits per heavy atom. The molecule has 39 heavy (non-hydrogen) atoms. The molecule has 0 unspecified atom stereocenters. The SMILES string of the molecule is COc1ccc(C(=O)Oc2cccc(OC(=O)c3ccc(OC)cc3)c2OC(=O)c2ccc(OC)cc2)cc1. The van der Waals surface area contributed by atoms with Crippen molar-refractivity contribution in [2.45, 2.75) is 0 Å². The average Bonchev–Trinajstić information content (AvgIpc) is 2.98. The zero-order valence-electron chi connectivity index (χ0n) is 21.3. The fourth-order valence-corrected chi connectivity index (χ4v) is 3.41. The highest BCUT2D eigenvalue weighted by atomic mass is 16.6. The third kappa shape index (κ3) is 6.53. The van der Waals surface area contributed by atoms with Crippen LogP contribution < -0.4 is 28.4 Å². The second kappa shape index (κ2) is 12.3. The van der Waals surface area contributed by atoms with Gasteiger partial charge in [-0.15, -0.1) is 0 Å². The molecular formula is C30H24O9. The van der Waals surface area contributed by atoms with Gasteiger partial charge >= 0.3 is 17.9 Å². The van der Waals surface area contributed by atoms with Gasteiger partial charge in [-0.3, -0.25) is 0 Å². The molecule has 0 radical (unpaired) electrons. The Balaban J connectivity index is 1.65. The Bertz CT molecular complexity index is 1380. The molecular weight excluding hydrogens is 504 g/mol. The molecule has 0 aromatic heterocycles. The molecule has 0 amide bonds. The van der Waals surface area contributed by atoms with Crippen LogP contribution >= 0.6 is 0 Å². The van der Waals surface area contributed by atoms with Gasteiger partial charge in [0.05, 0.1) is 38.0 Å². The molecule has 4 aromatic rings. The van der Waals surface area contributed by atoms with Gasteiger partial charge in [-0.25, -0.2) is 14.4 Å². The molecule has 0 saturated carbocycles. The summed E-state index contributed by atoms with van der Waals surface area (Å²) in [6, 6.07) is 23.1. The molecule has 198 valence electrons. The topological polar surface area (TPSA) is 107 Å². The van der Waals surface area contributed by atoms with Gasteiger partial charge in [0.15, 0.2) is 11.5 Å². The number of methoxy groups -OCH3 is 3. The summed E-state index contributed by atoms with van der Waals surface area (Å²) in [6.07, 6.45) is 0. The highest BCUT2D eigenvalue weighted by Crippen LogP contribution is 2.39. The second-order valence-electron chi connectivity index (χ2n) is 7.94. The van der Waals surface area contributed by atoms with Crippen molar-refractivity contribution in [1.82, 2.24) is 0 Å². The van der Waals surface area contributed by atoms with Gasteiger partial charge < -0.3 is 28.4 Å². The number of ether oxygens (including phenoxy) is 6. The van der Waals surface area contributed by atoms with E-state index < -0.39 is 17.9 Å². The number of benzene rings is 4. The van der Waals surface area contributed by atoms with Crippen molar-refractivity contribution < 1.29 is 42.8 Å². The van der Waals surface area contributed by atoms with E-state index in [-0.39, 0.29) is 33.9 Å².